The first kappa shape index (κ1) is 25.4. The maximum atomic E-state index is 11.9. The Balaban J connectivity index is 0.00000625. The molecule has 0 aromatic heterocycles. The summed E-state index contributed by atoms with van der Waals surface area (Å²) in [6.45, 7) is 5.72. The van der Waals surface area contributed by atoms with E-state index in [1.54, 1.807) is 25.3 Å². The van der Waals surface area contributed by atoms with Crippen LogP contribution in [0.4, 0.5) is 0 Å². The maximum Gasteiger partial charge on any atom is 0.243 e. The van der Waals surface area contributed by atoms with E-state index in [2.05, 4.69) is 22.5 Å². The van der Waals surface area contributed by atoms with Crippen LogP contribution in [0.2, 0.25) is 0 Å². The third kappa shape index (κ3) is 8.85. The van der Waals surface area contributed by atoms with E-state index < -0.39 is 10.0 Å². The number of unbranched alkanes of at least 4 members (excludes halogenated alkanes) is 1. The highest BCUT2D eigenvalue weighted by Gasteiger charge is 2.27. The predicted octanol–water partition coefficient (Wildman–Crippen LogP) is 0.842. The van der Waals surface area contributed by atoms with Gasteiger partial charge in [-0.15, -0.1) is 24.0 Å². The van der Waals surface area contributed by atoms with Crippen LogP contribution in [0.3, 0.4) is 0 Å². The molecule has 1 rings (SSSR count). The Kier molecular flexibility index (Phi) is 12.4. The molecule has 10 heteroatoms. The monoisotopic (exact) mass is 503 g/mol. The van der Waals surface area contributed by atoms with Gasteiger partial charge in [-0.05, 0) is 26.2 Å². The summed E-state index contributed by atoms with van der Waals surface area (Å²) in [5.74, 6) is 0.712. The van der Waals surface area contributed by atoms with Crippen LogP contribution in [0, 0.1) is 0 Å². The number of hydrogen-bond acceptors (Lipinski definition) is 4. The molecule has 0 radical (unpaired) electrons. The zero-order chi connectivity index (χ0) is 18.9. The van der Waals surface area contributed by atoms with E-state index in [0.29, 0.717) is 19.0 Å². The van der Waals surface area contributed by atoms with Gasteiger partial charge in [-0.25, -0.2) is 17.7 Å². The number of nitrogens with one attached hydrogen (secondary N) is 2. The van der Waals surface area contributed by atoms with Crippen molar-refractivity contribution >= 4 is 45.9 Å². The molecule has 1 saturated heterocycles. The summed E-state index contributed by atoms with van der Waals surface area (Å²) >= 11 is 0. The topological polar surface area (TPSA) is 94.1 Å². The van der Waals surface area contributed by atoms with E-state index in [1.165, 1.54) is 4.90 Å². The summed E-state index contributed by atoms with van der Waals surface area (Å²) in [7, 11) is 0.303. The molecule has 0 spiro atoms. The molecular formula is C16H34IN5O3S. The lowest BCUT2D eigenvalue weighted by atomic mass is 10.1. The zero-order valence-electron chi connectivity index (χ0n) is 16.3. The Morgan fingerprint density at radius 1 is 1.23 bits per heavy atom. The fourth-order valence-electron chi connectivity index (χ4n) is 2.48. The average Bonchev–Trinajstić information content (AvgIpc) is 2.59. The van der Waals surface area contributed by atoms with Crippen LogP contribution in [0.25, 0.3) is 0 Å². The van der Waals surface area contributed by atoms with Crippen LogP contribution >= 0.6 is 24.0 Å². The standard InChI is InChI=1S/C16H33N5O3S.HI/c1-5-7-10-17-16(18-13-15(22)20(3)4)19-14-8-11-21(12-9-14)25(23,24)6-2;/h14H,5-13H2,1-4H3,(H2,17,18,19);1H. The van der Waals surface area contributed by atoms with Crippen molar-refractivity contribution < 1.29 is 13.2 Å². The second-order valence-corrected chi connectivity index (χ2v) is 8.71. The fourth-order valence-corrected chi connectivity index (χ4v) is 3.61. The van der Waals surface area contributed by atoms with Crippen molar-refractivity contribution in [3.8, 4) is 0 Å². The Labute approximate surface area is 175 Å². The third-order valence-corrected chi connectivity index (χ3v) is 6.13. The number of guanidine groups is 1. The lowest BCUT2D eigenvalue weighted by molar-refractivity contribution is -0.127. The van der Waals surface area contributed by atoms with Gasteiger partial charge in [0, 0.05) is 39.8 Å². The van der Waals surface area contributed by atoms with E-state index in [1.807, 2.05) is 0 Å². The van der Waals surface area contributed by atoms with Crippen molar-refractivity contribution in [2.24, 2.45) is 4.99 Å². The van der Waals surface area contributed by atoms with E-state index in [0.717, 1.165) is 32.2 Å². The van der Waals surface area contributed by atoms with Gasteiger partial charge in [-0.3, -0.25) is 4.79 Å². The summed E-state index contributed by atoms with van der Waals surface area (Å²) in [6, 6.07) is 0.158. The lowest BCUT2D eigenvalue weighted by Crippen LogP contribution is -2.50. The average molecular weight is 503 g/mol. The molecule has 1 aliphatic heterocycles. The van der Waals surface area contributed by atoms with Gasteiger partial charge in [0.1, 0.15) is 6.54 Å². The molecule has 0 aromatic carbocycles. The fraction of sp³-hybridized carbons (Fsp3) is 0.875. The van der Waals surface area contributed by atoms with Gasteiger partial charge in [-0.1, -0.05) is 13.3 Å². The van der Waals surface area contributed by atoms with Crippen LogP contribution in [0.5, 0.6) is 0 Å². The number of sulfonamides is 1. The maximum absolute atomic E-state index is 11.9. The summed E-state index contributed by atoms with van der Waals surface area (Å²) in [5.41, 5.74) is 0. The first-order chi connectivity index (χ1) is 11.8. The quantitative estimate of drug-likeness (QED) is 0.222. The highest BCUT2D eigenvalue weighted by Crippen LogP contribution is 2.14. The Hall–Kier alpha value is -0.620. The largest absolute Gasteiger partial charge is 0.356 e. The van der Waals surface area contributed by atoms with Crippen molar-refractivity contribution in [3.63, 3.8) is 0 Å². The second kappa shape index (κ2) is 12.7. The molecule has 0 saturated carbocycles. The minimum absolute atomic E-state index is 0. The van der Waals surface area contributed by atoms with Gasteiger partial charge >= 0.3 is 0 Å². The molecule has 1 amide bonds. The molecule has 0 aliphatic carbocycles. The van der Waals surface area contributed by atoms with Gasteiger partial charge < -0.3 is 15.5 Å². The number of carbonyl (C=O) groups excluding carboxylic acids is 1. The number of halogens is 1. The number of rotatable bonds is 8. The van der Waals surface area contributed by atoms with Crippen LogP contribution < -0.4 is 10.6 Å². The highest BCUT2D eigenvalue weighted by atomic mass is 127. The Morgan fingerprint density at radius 3 is 2.35 bits per heavy atom. The SMILES string of the molecule is CCCCNC(=NCC(=O)N(C)C)NC1CCN(S(=O)(=O)CC)CC1.I. The van der Waals surface area contributed by atoms with Crippen LogP contribution in [0.15, 0.2) is 4.99 Å². The van der Waals surface area contributed by atoms with Crippen LogP contribution in [-0.2, 0) is 14.8 Å². The highest BCUT2D eigenvalue weighted by molar-refractivity contribution is 14.0. The molecule has 1 fully saturated rings. The number of piperidine rings is 1. The van der Waals surface area contributed by atoms with Gasteiger partial charge in [0.15, 0.2) is 5.96 Å². The summed E-state index contributed by atoms with van der Waals surface area (Å²) in [6.07, 6.45) is 3.56. The van der Waals surface area contributed by atoms with E-state index in [4.69, 9.17) is 0 Å². The van der Waals surface area contributed by atoms with E-state index >= 15 is 0 Å². The molecule has 1 heterocycles. The van der Waals surface area contributed by atoms with Crippen molar-refractivity contribution in [1.29, 1.82) is 0 Å². The first-order valence-electron chi connectivity index (χ1n) is 9.03. The van der Waals surface area contributed by atoms with Crippen LogP contribution in [-0.4, -0.2) is 81.6 Å². The van der Waals surface area contributed by atoms with Gasteiger partial charge in [-0.2, -0.15) is 0 Å². The predicted molar refractivity (Wildman–Crippen MR) is 117 cm³/mol. The molecular weight excluding hydrogens is 469 g/mol. The first-order valence-corrected chi connectivity index (χ1v) is 10.6. The molecule has 154 valence electrons. The number of carbonyl (C=O) groups is 1. The molecule has 26 heavy (non-hydrogen) atoms. The smallest absolute Gasteiger partial charge is 0.243 e. The zero-order valence-corrected chi connectivity index (χ0v) is 19.5. The minimum atomic E-state index is -3.11. The van der Waals surface area contributed by atoms with Crippen molar-refractivity contribution in [1.82, 2.24) is 19.8 Å². The number of nitrogens with zero attached hydrogens (tertiary/aromatic N) is 3. The molecule has 8 nitrogen and oxygen atoms in total. The Morgan fingerprint density at radius 2 is 1.85 bits per heavy atom. The molecule has 0 atom stereocenters. The Bertz CT molecular complexity index is 546. The summed E-state index contributed by atoms with van der Waals surface area (Å²) < 4.78 is 25.4. The van der Waals surface area contributed by atoms with Crippen LogP contribution in [0.1, 0.15) is 39.5 Å². The van der Waals surface area contributed by atoms with Crippen molar-refractivity contribution in [2.75, 3.05) is 46.0 Å². The molecule has 0 bridgehead atoms. The number of amides is 1. The lowest BCUT2D eigenvalue weighted by Gasteiger charge is -2.32. The van der Waals surface area contributed by atoms with Crippen molar-refractivity contribution in [2.45, 2.75) is 45.6 Å². The van der Waals surface area contributed by atoms with Gasteiger partial charge in [0.2, 0.25) is 15.9 Å². The van der Waals surface area contributed by atoms with Gasteiger partial charge in [0.05, 0.1) is 5.75 Å². The third-order valence-electron chi connectivity index (χ3n) is 4.25. The summed E-state index contributed by atoms with van der Waals surface area (Å²) in [4.78, 5) is 17.6. The molecule has 0 aromatic rings. The van der Waals surface area contributed by atoms with Crippen molar-refractivity contribution in [3.05, 3.63) is 0 Å². The normalized spacial score (nSPS) is 16.7. The molecule has 0 unspecified atom stereocenters. The van der Waals surface area contributed by atoms with Gasteiger partial charge in [0.25, 0.3) is 0 Å². The van der Waals surface area contributed by atoms with E-state index in [9.17, 15) is 13.2 Å². The molecule has 1 aliphatic rings. The van der Waals surface area contributed by atoms with E-state index in [-0.39, 0.29) is 48.2 Å². The molecule has 2 N–H and O–H groups in total. The minimum Gasteiger partial charge on any atom is -0.356 e. The summed E-state index contributed by atoms with van der Waals surface area (Å²) in [5, 5.41) is 6.60. The number of aliphatic imine (C=N–C) groups is 1. The number of hydrogen-bond donors (Lipinski definition) is 2. The number of likely N-dealkylation sites (N-methyl/N-ethyl adjacent to an activating group) is 1. The second-order valence-electron chi connectivity index (χ2n) is 6.45.